The van der Waals surface area contributed by atoms with Gasteiger partial charge in [-0.2, -0.15) is 11.8 Å². The summed E-state index contributed by atoms with van der Waals surface area (Å²) in [5.41, 5.74) is 0. The van der Waals surface area contributed by atoms with Crippen molar-refractivity contribution in [2.45, 2.75) is 13.0 Å². The van der Waals surface area contributed by atoms with E-state index in [4.69, 9.17) is 9.84 Å². The van der Waals surface area contributed by atoms with Gasteiger partial charge in [-0.1, -0.05) is 6.92 Å². The number of aliphatic hydroxyl groups excluding tert-OH is 2. The summed E-state index contributed by atoms with van der Waals surface area (Å²) in [5, 5.41) is 17.9. The molecule has 0 saturated heterocycles. The highest BCUT2D eigenvalue weighted by Gasteiger charge is 2.05. The van der Waals surface area contributed by atoms with Gasteiger partial charge in [0.05, 0.1) is 12.7 Å². The minimum absolute atomic E-state index is 0.216. The lowest BCUT2D eigenvalue weighted by Crippen LogP contribution is -2.17. The highest BCUT2D eigenvalue weighted by Crippen LogP contribution is 2.09. The molecule has 2 atom stereocenters. The standard InChI is InChI=1S/C8H18O3S/c1-7(3-9)5-12-6-8(10)4-11-2/h7-10H,3-6H2,1-2H3. The topological polar surface area (TPSA) is 49.7 Å². The first-order valence-corrected chi connectivity index (χ1v) is 5.21. The van der Waals surface area contributed by atoms with Gasteiger partial charge in [-0.05, 0) is 11.7 Å². The third-order valence-electron chi connectivity index (χ3n) is 1.38. The highest BCUT2D eigenvalue weighted by molar-refractivity contribution is 7.99. The van der Waals surface area contributed by atoms with Gasteiger partial charge < -0.3 is 14.9 Å². The molecule has 74 valence electrons. The van der Waals surface area contributed by atoms with E-state index in [2.05, 4.69) is 0 Å². The molecule has 4 heteroatoms. The maximum Gasteiger partial charge on any atom is 0.0863 e. The molecule has 0 aromatic rings. The fourth-order valence-corrected chi connectivity index (χ4v) is 1.71. The Hall–Kier alpha value is 0.230. The van der Waals surface area contributed by atoms with Crippen molar-refractivity contribution in [3.63, 3.8) is 0 Å². The molecule has 0 radical (unpaired) electrons. The van der Waals surface area contributed by atoms with Gasteiger partial charge in [0.15, 0.2) is 0 Å². The lowest BCUT2D eigenvalue weighted by Gasteiger charge is -2.10. The number of ether oxygens (including phenoxy) is 1. The van der Waals surface area contributed by atoms with E-state index in [9.17, 15) is 5.11 Å². The van der Waals surface area contributed by atoms with Crippen LogP contribution in [-0.2, 0) is 4.74 Å². The summed E-state index contributed by atoms with van der Waals surface area (Å²) < 4.78 is 4.77. The SMILES string of the molecule is COCC(O)CSCC(C)CO. The molecule has 0 rings (SSSR count). The average Bonchev–Trinajstić information content (AvgIpc) is 2.04. The quantitative estimate of drug-likeness (QED) is 0.614. The first-order chi connectivity index (χ1) is 5.70. The van der Waals surface area contributed by atoms with E-state index in [0.717, 1.165) is 5.75 Å². The predicted molar refractivity (Wildman–Crippen MR) is 51.5 cm³/mol. The summed E-state index contributed by atoms with van der Waals surface area (Å²) in [6, 6.07) is 0. The Labute approximate surface area is 78.1 Å². The number of rotatable bonds is 7. The zero-order chi connectivity index (χ0) is 9.40. The zero-order valence-electron chi connectivity index (χ0n) is 7.69. The summed E-state index contributed by atoms with van der Waals surface area (Å²) >= 11 is 1.64. The molecule has 12 heavy (non-hydrogen) atoms. The van der Waals surface area contributed by atoms with Gasteiger partial charge in [0, 0.05) is 19.5 Å². The summed E-state index contributed by atoms with van der Waals surface area (Å²) in [6.45, 7) is 2.59. The van der Waals surface area contributed by atoms with E-state index >= 15 is 0 Å². The van der Waals surface area contributed by atoms with Crippen LogP contribution in [0.4, 0.5) is 0 Å². The van der Waals surface area contributed by atoms with E-state index in [1.165, 1.54) is 0 Å². The monoisotopic (exact) mass is 194 g/mol. The van der Waals surface area contributed by atoms with Crippen molar-refractivity contribution in [2.24, 2.45) is 5.92 Å². The maximum atomic E-state index is 9.23. The lowest BCUT2D eigenvalue weighted by atomic mass is 10.2. The Morgan fingerprint density at radius 3 is 2.58 bits per heavy atom. The van der Waals surface area contributed by atoms with Crippen LogP contribution in [0, 0.1) is 5.92 Å². The van der Waals surface area contributed by atoms with Gasteiger partial charge in [-0.15, -0.1) is 0 Å². The Balaban J connectivity index is 3.18. The van der Waals surface area contributed by atoms with Gasteiger partial charge in [-0.3, -0.25) is 0 Å². The van der Waals surface area contributed by atoms with Crippen molar-refractivity contribution in [1.29, 1.82) is 0 Å². The number of methoxy groups -OCH3 is 1. The van der Waals surface area contributed by atoms with Crippen LogP contribution in [0.5, 0.6) is 0 Å². The largest absolute Gasteiger partial charge is 0.396 e. The Morgan fingerprint density at radius 2 is 2.08 bits per heavy atom. The molecule has 2 unspecified atom stereocenters. The molecule has 0 aliphatic heterocycles. The van der Waals surface area contributed by atoms with Gasteiger partial charge in [0.1, 0.15) is 0 Å². The maximum absolute atomic E-state index is 9.23. The Bertz CT molecular complexity index is 100. The molecule has 0 saturated carbocycles. The second kappa shape index (κ2) is 7.86. The summed E-state index contributed by atoms with van der Waals surface area (Å²) in [6.07, 6.45) is -0.383. The molecule has 0 aliphatic carbocycles. The molecule has 0 aromatic carbocycles. The molecule has 2 N–H and O–H groups in total. The highest BCUT2D eigenvalue weighted by atomic mass is 32.2. The molecular weight excluding hydrogens is 176 g/mol. The van der Waals surface area contributed by atoms with Crippen molar-refractivity contribution in [2.75, 3.05) is 31.8 Å². The van der Waals surface area contributed by atoms with Gasteiger partial charge in [0.25, 0.3) is 0 Å². The second-order valence-corrected chi connectivity index (χ2v) is 4.01. The van der Waals surface area contributed by atoms with Crippen LogP contribution < -0.4 is 0 Å². The van der Waals surface area contributed by atoms with Gasteiger partial charge >= 0.3 is 0 Å². The first kappa shape index (κ1) is 12.2. The van der Waals surface area contributed by atoms with E-state index in [1.54, 1.807) is 18.9 Å². The lowest BCUT2D eigenvalue weighted by molar-refractivity contribution is 0.0793. The average molecular weight is 194 g/mol. The van der Waals surface area contributed by atoms with Crippen molar-refractivity contribution < 1.29 is 14.9 Å². The predicted octanol–water partition coefficient (Wildman–Crippen LogP) is 0.355. The summed E-state index contributed by atoms with van der Waals surface area (Å²) in [5.74, 6) is 1.87. The minimum Gasteiger partial charge on any atom is -0.396 e. The molecule has 0 heterocycles. The van der Waals surface area contributed by atoms with E-state index in [0.29, 0.717) is 18.3 Å². The van der Waals surface area contributed by atoms with Crippen LogP contribution >= 0.6 is 11.8 Å². The molecule has 3 nitrogen and oxygen atoms in total. The molecule has 0 spiro atoms. The van der Waals surface area contributed by atoms with Crippen LogP contribution in [0.3, 0.4) is 0 Å². The normalized spacial score (nSPS) is 16.0. The van der Waals surface area contributed by atoms with Crippen molar-refractivity contribution >= 4 is 11.8 Å². The zero-order valence-corrected chi connectivity index (χ0v) is 8.51. The van der Waals surface area contributed by atoms with Crippen LogP contribution in [0.1, 0.15) is 6.92 Å². The third-order valence-corrected chi connectivity index (χ3v) is 2.81. The van der Waals surface area contributed by atoms with Gasteiger partial charge in [-0.25, -0.2) is 0 Å². The number of hydrogen-bond acceptors (Lipinski definition) is 4. The van der Waals surface area contributed by atoms with E-state index in [1.807, 2.05) is 6.92 Å². The third kappa shape index (κ3) is 6.91. The number of thioether (sulfide) groups is 1. The minimum atomic E-state index is -0.383. The second-order valence-electron chi connectivity index (χ2n) is 2.93. The molecule has 0 amide bonds. The number of aliphatic hydroxyl groups is 2. The number of hydrogen-bond donors (Lipinski definition) is 2. The van der Waals surface area contributed by atoms with Crippen LogP contribution in [0.2, 0.25) is 0 Å². The van der Waals surface area contributed by atoms with Crippen LogP contribution in [-0.4, -0.2) is 48.1 Å². The molecule has 0 aromatic heterocycles. The molecule has 0 bridgehead atoms. The Kier molecular flexibility index (Phi) is 8.01. The van der Waals surface area contributed by atoms with Crippen molar-refractivity contribution in [1.82, 2.24) is 0 Å². The first-order valence-electron chi connectivity index (χ1n) is 4.06. The van der Waals surface area contributed by atoms with Crippen molar-refractivity contribution in [3.8, 4) is 0 Å². The summed E-state index contributed by atoms with van der Waals surface area (Å²) in [4.78, 5) is 0. The fraction of sp³-hybridized carbons (Fsp3) is 1.00. The van der Waals surface area contributed by atoms with Crippen LogP contribution in [0.15, 0.2) is 0 Å². The van der Waals surface area contributed by atoms with E-state index < -0.39 is 0 Å². The van der Waals surface area contributed by atoms with Gasteiger partial charge in [0.2, 0.25) is 0 Å². The molecule has 0 aliphatic rings. The molecular formula is C8H18O3S. The van der Waals surface area contributed by atoms with Crippen molar-refractivity contribution in [3.05, 3.63) is 0 Å². The molecule has 0 fully saturated rings. The van der Waals surface area contributed by atoms with Crippen LogP contribution in [0.25, 0.3) is 0 Å². The smallest absolute Gasteiger partial charge is 0.0863 e. The Morgan fingerprint density at radius 1 is 1.42 bits per heavy atom. The fourth-order valence-electron chi connectivity index (χ4n) is 0.698. The summed E-state index contributed by atoms with van der Waals surface area (Å²) in [7, 11) is 1.57. The van der Waals surface area contributed by atoms with E-state index in [-0.39, 0.29) is 12.7 Å².